The van der Waals surface area contributed by atoms with E-state index in [0.29, 0.717) is 12.0 Å². The second-order valence-electron chi connectivity index (χ2n) is 7.48. The first kappa shape index (κ1) is 17.9. The molecule has 1 saturated carbocycles. The number of anilines is 1. The molecule has 27 heavy (non-hydrogen) atoms. The number of nitrogens with one attached hydrogen (secondary N) is 1. The molecule has 4 rings (SSSR count). The first-order valence-electron chi connectivity index (χ1n) is 9.64. The van der Waals surface area contributed by atoms with Crippen LogP contribution < -0.4 is 5.32 Å². The highest BCUT2D eigenvalue weighted by molar-refractivity contribution is 6.01. The average Bonchev–Trinajstić information content (AvgIpc) is 3.06. The molecule has 0 spiro atoms. The van der Waals surface area contributed by atoms with Gasteiger partial charge in [-0.25, -0.2) is 0 Å². The van der Waals surface area contributed by atoms with Crippen molar-refractivity contribution in [1.29, 1.82) is 0 Å². The van der Waals surface area contributed by atoms with E-state index in [-0.39, 0.29) is 24.5 Å². The van der Waals surface area contributed by atoms with Crippen LogP contribution in [0.1, 0.15) is 32.1 Å². The van der Waals surface area contributed by atoms with Gasteiger partial charge < -0.3 is 10.1 Å². The maximum atomic E-state index is 12.8. The molecule has 1 aromatic heterocycles. The largest absolute Gasteiger partial charge is 0.468 e. The molecule has 3 unspecified atom stereocenters. The van der Waals surface area contributed by atoms with E-state index in [1.165, 1.54) is 13.5 Å². The Bertz CT molecular complexity index is 848. The number of hydrogen-bond acceptors (Lipinski definition) is 5. The number of methoxy groups -OCH3 is 1. The Morgan fingerprint density at radius 3 is 2.93 bits per heavy atom. The lowest BCUT2D eigenvalue weighted by molar-refractivity contribution is -0.146. The molecule has 1 aromatic carbocycles. The van der Waals surface area contributed by atoms with Crippen molar-refractivity contribution in [2.45, 2.75) is 44.2 Å². The second kappa shape index (κ2) is 7.64. The van der Waals surface area contributed by atoms with Crippen molar-refractivity contribution in [3.63, 3.8) is 0 Å². The maximum Gasteiger partial charge on any atom is 0.323 e. The fourth-order valence-corrected chi connectivity index (χ4v) is 4.72. The summed E-state index contributed by atoms with van der Waals surface area (Å²) < 4.78 is 5.01. The Kier molecular flexibility index (Phi) is 5.07. The molecular weight excluding hydrogens is 342 g/mol. The van der Waals surface area contributed by atoms with E-state index in [9.17, 15) is 9.59 Å². The number of fused-ring (bicyclic) bond motifs is 2. The summed E-state index contributed by atoms with van der Waals surface area (Å²) in [5.41, 5.74) is 1.59. The van der Waals surface area contributed by atoms with E-state index in [1.54, 1.807) is 6.20 Å². The Balaban J connectivity index is 1.52. The summed E-state index contributed by atoms with van der Waals surface area (Å²) in [6.45, 7) is 0.206. The lowest BCUT2D eigenvalue weighted by Gasteiger charge is -2.32. The molecule has 6 nitrogen and oxygen atoms in total. The zero-order valence-corrected chi connectivity index (χ0v) is 15.6. The van der Waals surface area contributed by atoms with E-state index >= 15 is 0 Å². The number of hydrogen-bond donors (Lipinski definition) is 1. The zero-order valence-electron chi connectivity index (χ0n) is 15.6. The van der Waals surface area contributed by atoms with Gasteiger partial charge in [0.1, 0.15) is 6.04 Å². The minimum atomic E-state index is -0.317. The van der Waals surface area contributed by atoms with Gasteiger partial charge >= 0.3 is 5.97 Å². The monoisotopic (exact) mass is 367 g/mol. The van der Waals surface area contributed by atoms with Crippen molar-refractivity contribution in [3.8, 4) is 0 Å². The first-order valence-corrected chi connectivity index (χ1v) is 9.64. The van der Waals surface area contributed by atoms with Gasteiger partial charge in [0.25, 0.3) is 0 Å². The van der Waals surface area contributed by atoms with Crippen LogP contribution in [0.5, 0.6) is 0 Å². The highest BCUT2D eigenvalue weighted by Gasteiger charge is 2.46. The molecule has 1 amide bonds. The number of carbonyl (C=O) groups is 2. The first-order chi connectivity index (χ1) is 13.2. The molecule has 2 aromatic rings. The number of rotatable bonds is 4. The summed E-state index contributed by atoms with van der Waals surface area (Å²) in [6.07, 6.45) is 7.07. The van der Waals surface area contributed by atoms with Crippen molar-refractivity contribution in [1.82, 2.24) is 9.88 Å². The van der Waals surface area contributed by atoms with Gasteiger partial charge in [-0.3, -0.25) is 19.5 Å². The van der Waals surface area contributed by atoms with Gasteiger partial charge in [0, 0.05) is 17.6 Å². The van der Waals surface area contributed by atoms with Gasteiger partial charge in [-0.2, -0.15) is 0 Å². The molecule has 6 heteroatoms. The predicted molar refractivity (Wildman–Crippen MR) is 103 cm³/mol. The summed E-state index contributed by atoms with van der Waals surface area (Å²) >= 11 is 0. The van der Waals surface area contributed by atoms with E-state index in [1.807, 2.05) is 30.3 Å². The molecule has 2 fully saturated rings. The lowest BCUT2D eigenvalue weighted by Crippen LogP contribution is -2.46. The Labute approximate surface area is 158 Å². The lowest BCUT2D eigenvalue weighted by atomic mass is 9.85. The third kappa shape index (κ3) is 3.54. The summed E-state index contributed by atoms with van der Waals surface area (Å²) in [5.74, 6) is 0.149. The van der Waals surface area contributed by atoms with Crippen LogP contribution in [0.4, 0.5) is 5.69 Å². The zero-order chi connectivity index (χ0) is 18.8. The number of ether oxygens (including phenoxy) is 1. The summed E-state index contributed by atoms with van der Waals surface area (Å²) in [6, 6.07) is 9.47. The molecule has 2 heterocycles. The van der Waals surface area contributed by atoms with E-state index < -0.39 is 0 Å². The van der Waals surface area contributed by atoms with Crippen molar-refractivity contribution >= 4 is 28.5 Å². The van der Waals surface area contributed by atoms with E-state index in [0.717, 1.165) is 42.3 Å². The smallest absolute Gasteiger partial charge is 0.323 e. The van der Waals surface area contributed by atoms with Gasteiger partial charge in [0.05, 0.1) is 24.9 Å². The third-order valence-corrected chi connectivity index (χ3v) is 5.94. The number of nitrogens with zero attached hydrogens (tertiary/aromatic N) is 2. The molecule has 0 bridgehead atoms. The van der Waals surface area contributed by atoms with Gasteiger partial charge in [0.15, 0.2) is 0 Å². The van der Waals surface area contributed by atoms with E-state index in [2.05, 4.69) is 15.2 Å². The average molecular weight is 367 g/mol. The molecule has 2 aliphatic rings. The fraction of sp³-hybridized carbons (Fsp3) is 0.476. The normalized spacial score (nSPS) is 25.1. The van der Waals surface area contributed by atoms with Crippen LogP contribution in [-0.2, 0) is 14.3 Å². The van der Waals surface area contributed by atoms with Crippen molar-refractivity contribution in [2.75, 3.05) is 19.0 Å². The SMILES string of the molecule is COC(=O)C1CC2CCCCC2N1CC(=O)Nc1cccc2ncccc12. The second-order valence-corrected chi connectivity index (χ2v) is 7.48. The number of likely N-dealkylation sites (tertiary alicyclic amines) is 1. The number of aromatic nitrogens is 1. The predicted octanol–water partition coefficient (Wildman–Crippen LogP) is 2.98. The topological polar surface area (TPSA) is 71.5 Å². The van der Waals surface area contributed by atoms with Gasteiger partial charge in [-0.15, -0.1) is 0 Å². The molecule has 1 aliphatic carbocycles. The van der Waals surface area contributed by atoms with Crippen molar-refractivity contribution in [2.24, 2.45) is 5.92 Å². The Morgan fingerprint density at radius 2 is 2.07 bits per heavy atom. The van der Waals surface area contributed by atoms with Crippen molar-refractivity contribution < 1.29 is 14.3 Å². The summed E-state index contributed by atoms with van der Waals surface area (Å²) in [4.78, 5) is 31.5. The minimum absolute atomic E-state index is 0.105. The van der Waals surface area contributed by atoms with Crippen LogP contribution >= 0.6 is 0 Å². The number of benzene rings is 1. The van der Waals surface area contributed by atoms with Gasteiger partial charge in [0.2, 0.25) is 5.91 Å². The molecule has 1 saturated heterocycles. The highest BCUT2D eigenvalue weighted by Crippen LogP contribution is 2.39. The van der Waals surface area contributed by atoms with Gasteiger partial charge in [-0.05, 0) is 49.4 Å². The Hall–Kier alpha value is -2.47. The number of carbonyl (C=O) groups excluding carboxylic acids is 2. The molecule has 1 aliphatic heterocycles. The number of pyridine rings is 1. The van der Waals surface area contributed by atoms with Crippen LogP contribution in [0, 0.1) is 5.92 Å². The molecule has 3 atom stereocenters. The molecule has 1 N–H and O–H groups in total. The van der Waals surface area contributed by atoms with Crippen LogP contribution in [0.25, 0.3) is 10.9 Å². The molecular formula is C21H25N3O3. The van der Waals surface area contributed by atoms with E-state index in [4.69, 9.17) is 4.74 Å². The van der Waals surface area contributed by atoms with Crippen LogP contribution in [0.15, 0.2) is 36.5 Å². The van der Waals surface area contributed by atoms with Crippen LogP contribution in [-0.4, -0.2) is 47.5 Å². The Morgan fingerprint density at radius 1 is 1.22 bits per heavy atom. The maximum absolute atomic E-state index is 12.8. The fourth-order valence-electron chi connectivity index (χ4n) is 4.72. The van der Waals surface area contributed by atoms with Crippen molar-refractivity contribution in [3.05, 3.63) is 36.5 Å². The minimum Gasteiger partial charge on any atom is -0.468 e. The van der Waals surface area contributed by atoms with Crippen LogP contribution in [0.2, 0.25) is 0 Å². The number of amides is 1. The number of esters is 1. The van der Waals surface area contributed by atoms with Crippen LogP contribution in [0.3, 0.4) is 0 Å². The summed E-state index contributed by atoms with van der Waals surface area (Å²) in [7, 11) is 1.42. The van der Waals surface area contributed by atoms with Gasteiger partial charge in [-0.1, -0.05) is 18.9 Å². The molecule has 142 valence electrons. The summed E-state index contributed by atoms with van der Waals surface area (Å²) in [5, 5.41) is 3.92. The third-order valence-electron chi connectivity index (χ3n) is 5.94. The highest BCUT2D eigenvalue weighted by atomic mass is 16.5. The standard InChI is InChI=1S/C21H25N3O3/c1-27-21(26)19-12-14-6-2-3-10-18(14)24(19)13-20(25)23-17-9-4-8-16-15(17)7-5-11-22-16/h4-5,7-9,11,14,18-19H,2-3,6,10,12-13H2,1H3,(H,23,25). The molecule has 0 radical (unpaired) electrons. The quantitative estimate of drug-likeness (QED) is 0.841.